The third kappa shape index (κ3) is 3.37. The molecule has 0 bridgehead atoms. The maximum atomic E-state index is 12.7. The number of aromatic nitrogens is 3. The smallest absolute Gasteiger partial charge is 0.252 e. The maximum absolute atomic E-state index is 12.7. The number of rotatable bonds is 5. The van der Waals surface area contributed by atoms with E-state index in [4.69, 9.17) is 0 Å². The minimum absolute atomic E-state index is 0.0415. The van der Waals surface area contributed by atoms with Gasteiger partial charge in [0.15, 0.2) is 0 Å². The van der Waals surface area contributed by atoms with Gasteiger partial charge in [0, 0.05) is 43.6 Å². The van der Waals surface area contributed by atoms with Gasteiger partial charge < -0.3 is 0 Å². The molecule has 0 saturated carbocycles. The second kappa shape index (κ2) is 7.51. The first kappa shape index (κ1) is 18.9. The summed E-state index contributed by atoms with van der Waals surface area (Å²) in [6.45, 7) is 9.21. The Morgan fingerprint density at radius 3 is 2.89 bits per heavy atom. The zero-order chi connectivity index (χ0) is 19.7. The molecule has 1 amide bonds. The quantitative estimate of drug-likeness (QED) is 0.800. The van der Waals surface area contributed by atoms with E-state index in [-0.39, 0.29) is 11.4 Å². The SMILES string of the molecule is CCCn1nccc1CN1CC[C@]2(C=CC(=O)N2c2cccc(C)n2)C[C@@H]1C. The zero-order valence-corrected chi connectivity index (χ0v) is 17.0. The van der Waals surface area contributed by atoms with Crippen molar-refractivity contribution in [3.8, 4) is 0 Å². The van der Waals surface area contributed by atoms with Gasteiger partial charge in [0.1, 0.15) is 5.82 Å². The Bertz CT molecular complexity index is 889. The van der Waals surface area contributed by atoms with E-state index in [0.717, 1.165) is 50.4 Å². The van der Waals surface area contributed by atoms with Crippen molar-refractivity contribution in [2.75, 3.05) is 11.4 Å². The summed E-state index contributed by atoms with van der Waals surface area (Å²) in [5.41, 5.74) is 1.93. The largest absolute Gasteiger partial charge is 0.295 e. The van der Waals surface area contributed by atoms with Crippen LogP contribution >= 0.6 is 0 Å². The van der Waals surface area contributed by atoms with Gasteiger partial charge in [0.25, 0.3) is 5.91 Å². The van der Waals surface area contributed by atoms with Crippen LogP contribution in [0.4, 0.5) is 5.82 Å². The van der Waals surface area contributed by atoms with Crippen LogP contribution in [0.5, 0.6) is 0 Å². The Kier molecular flexibility index (Phi) is 5.06. The second-order valence-corrected chi connectivity index (χ2v) is 8.07. The van der Waals surface area contributed by atoms with Crippen LogP contribution in [0.25, 0.3) is 0 Å². The van der Waals surface area contributed by atoms with Gasteiger partial charge in [-0.2, -0.15) is 5.10 Å². The van der Waals surface area contributed by atoms with Gasteiger partial charge in [-0.1, -0.05) is 19.1 Å². The molecule has 4 rings (SSSR count). The Morgan fingerprint density at radius 1 is 1.29 bits per heavy atom. The standard InChI is InChI=1S/C22H29N5O/c1-4-13-26-19(9-12-23-26)16-25-14-11-22(15-18(25)3)10-8-21(28)27(22)20-7-5-6-17(2)24-20/h5-10,12,18H,4,11,13-16H2,1-3H3/t18-,22+/m0/s1. The van der Waals surface area contributed by atoms with Crippen molar-refractivity contribution < 1.29 is 4.79 Å². The summed E-state index contributed by atoms with van der Waals surface area (Å²) in [6, 6.07) is 8.37. The molecule has 2 aliphatic rings. The van der Waals surface area contributed by atoms with Gasteiger partial charge in [0.05, 0.1) is 11.2 Å². The van der Waals surface area contributed by atoms with Crippen LogP contribution in [-0.2, 0) is 17.9 Å². The molecule has 0 aromatic carbocycles. The fourth-order valence-corrected chi connectivity index (χ4v) is 4.59. The zero-order valence-electron chi connectivity index (χ0n) is 17.0. The molecule has 0 aliphatic carbocycles. The van der Waals surface area contributed by atoms with E-state index in [2.05, 4.69) is 45.7 Å². The summed E-state index contributed by atoms with van der Waals surface area (Å²) in [7, 11) is 0. The Labute approximate surface area is 166 Å². The van der Waals surface area contributed by atoms with Crippen molar-refractivity contribution in [2.45, 2.75) is 64.7 Å². The number of hydrogen-bond acceptors (Lipinski definition) is 4. The monoisotopic (exact) mass is 379 g/mol. The number of aryl methyl sites for hydroxylation is 2. The summed E-state index contributed by atoms with van der Waals surface area (Å²) >= 11 is 0. The number of nitrogens with zero attached hydrogens (tertiary/aromatic N) is 5. The number of amides is 1. The predicted molar refractivity (Wildman–Crippen MR) is 110 cm³/mol. The Morgan fingerprint density at radius 2 is 2.14 bits per heavy atom. The molecule has 1 spiro atoms. The summed E-state index contributed by atoms with van der Waals surface area (Å²) < 4.78 is 2.11. The highest BCUT2D eigenvalue weighted by atomic mass is 16.2. The van der Waals surface area contributed by atoms with Gasteiger partial charge in [-0.15, -0.1) is 0 Å². The van der Waals surface area contributed by atoms with Gasteiger partial charge in [0.2, 0.25) is 0 Å². The lowest BCUT2D eigenvalue weighted by Crippen LogP contribution is -2.56. The topological polar surface area (TPSA) is 54.3 Å². The first-order chi connectivity index (χ1) is 13.5. The highest BCUT2D eigenvalue weighted by molar-refractivity contribution is 6.05. The third-order valence-electron chi connectivity index (χ3n) is 6.01. The number of piperidine rings is 1. The first-order valence-electron chi connectivity index (χ1n) is 10.2. The molecule has 0 N–H and O–H groups in total. The molecule has 1 fully saturated rings. The van der Waals surface area contributed by atoms with Gasteiger partial charge in [-0.05, 0) is 51.3 Å². The van der Waals surface area contributed by atoms with Crippen molar-refractivity contribution in [2.24, 2.45) is 0 Å². The maximum Gasteiger partial charge on any atom is 0.252 e. The molecular formula is C22H29N5O. The van der Waals surface area contributed by atoms with E-state index in [1.165, 1.54) is 5.69 Å². The fraction of sp³-hybridized carbons (Fsp3) is 0.500. The normalized spacial score (nSPS) is 25.2. The lowest BCUT2D eigenvalue weighted by molar-refractivity contribution is -0.114. The predicted octanol–water partition coefficient (Wildman–Crippen LogP) is 3.32. The van der Waals surface area contributed by atoms with Gasteiger partial charge in [-0.3, -0.25) is 19.3 Å². The third-order valence-corrected chi connectivity index (χ3v) is 6.01. The van der Waals surface area contributed by atoms with Crippen LogP contribution in [0.1, 0.15) is 44.5 Å². The fourth-order valence-electron chi connectivity index (χ4n) is 4.59. The molecule has 148 valence electrons. The number of carbonyl (C=O) groups is 1. The summed E-state index contributed by atoms with van der Waals surface area (Å²) in [4.78, 5) is 21.7. The van der Waals surface area contributed by atoms with Crippen LogP contribution in [-0.4, -0.2) is 43.7 Å². The Hall–Kier alpha value is -2.47. The molecule has 2 aromatic rings. The number of anilines is 1. The van der Waals surface area contributed by atoms with Crippen LogP contribution < -0.4 is 4.90 Å². The molecule has 28 heavy (non-hydrogen) atoms. The molecular weight excluding hydrogens is 350 g/mol. The van der Waals surface area contributed by atoms with E-state index < -0.39 is 0 Å². The minimum atomic E-state index is -0.266. The van der Waals surface area contributed by atoms with E-state index in [1.54, 1.807) is 6.08 Å². The van der Waals surface area contributed by atoms with Crippen molar-refractivity contribution in [3.63, 3.8) is 0 Å². The average molecular weight is 380 g/mol. The lowest BCUT2D eigenvalue weighted by Gasteiger charge is -2.47. The van der Waals surface area contributed by atoms with Crippen molar-refractivity contribution in [1.82, 2.24) is 19.7 Å². The molecule has 1 saturated heterocycles. The van der Waals surface area contributed by atoms with Crippen LogP contribution in [0, 0.1) is 6.92 Å². The summed E-state index contributed by atoms with van der Waals surface area (Å²) in [6.07, 6.45) is 8.63. The molecule has 6 nitrogen and oxygen atoms in total. The molecule has 6 heteroatoms. The Balaban J connectivity index is 1.53. The summed E-state index contributed by atoms with van der Waals surface area (Å²) in [5.74, 6) is 0.802. The van der Waals surface area contributed by atoms with Crippen molar-refractivity contribution >= 4 is 11.7 Å². The molecule has 2 aromatic heterocycles. The van der Waals surface area contributed by atoms with Crippen LogP contribution in [0.15, 0.2) is 42.6 Å². The average Bonchev–Trinajstić information content (AvgIpc) is 3.22. The van der Waals surface area contributed by atoms with E-state index in [1.807, 2.05) is 36.2 Å². The van der Waals surface area contributed by atoms with Gasteiger partial charge >= 0.3 is 0 Å². The highest BCUT2D eigenvalue weighted by Gasteiger charge is 2.47. The molecule has 2 aliphatic heterocycles. The number of hydrogen-bond donors (Lipinski definition) is 0. The van der Waals surface area contributed by atoms with Crippen molar-refractivity contribution in [3.05, 3.63) is 54.0 Å². The number of likely N-dealkylation sites (tertiary alicyclic amines) is 1. The van der Waals surface area contributed by atoms with Crippen molar-refractivity contribution in [1.29, 1.82) is 0 Å². The number of pyridine rings is 1. The van der Waals surface area contributed by atoms with E-state index >= 15 is 0 Å². The second-order valence-electron chi connectivity index (χ2n) is 8.07. The molecule has 0 unspecified atom stereocenters. The highest BCUT2D eigenvalue weighted by Crippen LogP contribution is 2.40. The van der Waals surface area contributed by atoms with E-state index in [0.29, 0.717) is 6.04 Å². The molecule has 0 radical (unpaired) electrons. The van der Waals surface area contributed by atoms with Crippen LogP contribution in [0.2, 0.25) is 0 Å². The summed E-state index contributed by atoms with van der Waals surface area (Å²) in [5, 5.41) is 4.45. The number of carbonyl (C=O) groups excluding carboxylic acids is 1. The lowest BCUT2D eigenvalue weighted by atomic mass is 9.83. The molecule has 4 heterocycles. The molecule has 2 atom stereocenters. The first-order valence-corrected chi connectivity index (χ1v) is 10.2. The minimum Gasteiger partial charge on any atom is -0.295 e. The van der Waals surface area contributed by atoms with Crippen LogP contribution in [0.3, 0.4) is 0 Å². The van der Waals surface area contributed by atoms with Gasteiger partial charge in [-0.25, -0.2) is 4.98 Å². The van der Waals surface area contributed by atoms with E-state index in [9.17, 15) is 4.79 Å².